The maximum absolute atomic E-state index is 13.7. The molecule has 0 saturated heterocycles. The molecule has 1 aromatic heterocycles. The number of nitrogens with zero attached hydrogens (tertiary/aromatic N) is 3. The number of anilines is 2. The van der Waals surface area contributed by atoms with Crippen LogP contribution in [0.3, 0.4) is 0 Å². The molecule has 90 valence electrons. The van der Waals surface area contributed by atoms with Gasteiger partial charge in [-0.15, -0.1) is 0 Å². The Kier molecular flexibility index (Phi) is 3.22. The molecule has 0 radical (unpaired) electrons. The Morgan fingerprint density at radius 1 is 1.24 bits per heavy atom. The second-order valence-corrected chi connectivity index (χ2v) is 3.80. The number of benzene rings is 1. The summed E-state index contributed by atoms with van der Waals surface area (Å²) in [5.74, 6) is -0.413. The minimum absolute atomic E-state index is 0.134. The Morgan fingerprint density at radius 3 is 2.71 bits per heavy atom. The molecule has 0 aliphatic rings. The van der Waals surface area contributed by atoms with Crippen LogP contribution in [0.15, 0.2) is 24.8 Å². The first kappa shape index (κ1) is 11.4. The molecule has 0 aliphatic carbocycles. The lowest BCUT2D eigenvalue weighted by atomic mass is 10.1. The van der Waals surface area contributed by atoms with Gasteiger partial charge in [-0.3, -0.25) is 4.68 Å². The minimum atomic E-state index is -0.413. The summed E-state index contributed by atoms with van der Waals surface area (Å²) in [7, 11) is 0. The van der Waals surface area contributed by atoms with E-state index in [1.807, 2.05) is 0 Å². The molecular weight excluding hydrogens is 221 g/mol. The Balaban J connectivity index is 2.01. The van der Waals surface area contributed by atoms with E-state index in [-0.39, 0.29) is 5.69 Å². The number of nitrogen functional groups attached to an aromatic ring is 2. The van der Waals surface area contributed by atoms with Crippen LogP contribution >= 0.6 is 0 Å². The van der Waals surface area contributed by atoms with Gasteiger partial charge in [0.15, 0.2) is 5.82 Å². The predicted molar refractivity (Wildman–Crippen MR) is 63.6 cm³/mol. The molecule has 6 heteroatoms. The third kappa shape index (κ3) is 2.52. The van der Waals surface area contributed by atoms with E-state index in [2.05, 4.69) is 10.1 Å². The summed E-state index contributed by atoms with van der Waals surface area (Å²) in [4.78, 5) is 3.83. The Bertz CT molecular complexity index is 495. The molecule has 1 aromatic carbocycles. The van der Waals surface area contributed by atoms with Crippen LogP contribution in [-0.2, 0) is 13.0 Å². The number of aromatic nitrogens is 3. The third-order valence-electron chi connectivity index (χ3n) is 2.59. The summed E-state index contributed by atoms with van der Waals surface area (Å²) >= 11 is 0. The van der Waals surface area contributed by atoms with Crippen LogP contribution < -0.4 is 11.5 Å². The Morgan fingerprint density at radius 2 is 2.00 bits per heavy atom. The fourth-order valence-electron chi connectivity index (χ4n) is 1.67. The van der Waals surface area contributed by atoms with Crippen LogP contribution in [0.1, 0.15) is 12.0 Å². The van der Waals surface area contributed by atoms with Crippen molar-refractivity contribution in [3.8, 4) is 0 Å². The first-order chi connectivity index (χ1) is 8.18. The standard InChI is InChI=1S/C11H14FN5/c12-11-8(9(13)3-4-10(11)14)2-1-5-17-7-15-6-16-17/h3-4,6-7H,1-2,5,13-14H2. The molecular formula is C11H14FN5. The molecule has 0 bridgehead atoms. The first-order valence-corrected chi connectivity index (χ1v) is 5.33. The lowest BCUT2D eigenvalue weighted by Gasteiger charge is -2.08. The largest absolute Gasteiger partial charge is 0.398 e. The van der Waals surface area contributed by atoms with Gasteiger partial charge in [0, 0.05) is 17.8 Å². The first-order valence-electron chi connectivity index (χ1n) is 5.33. The highest BCUT2D eigenvalue weighted by Crippen LogP contribution is 2.22. The second kappa shape index (κ2) is 4.82. The molecule has 17 heavy (non-hydrogen) atoms. The Hall–Kier alpha value is -2.11. The van der Waals surface area contributed by atoms with Crippen LogP contribution in [0, 0.1) is 5.82 Å². The number of nitrogens with two attached hydrogens (primary N) is 2. The van der Waals surface area contributed by atoms with Crippen LogP contribution in [-0.4, -0.2) is 14.8 Å². The molecule has 0 spiro atoms. The van der Waals surface area contributed by atoms with E-state index in [9.17, 15) is 4.39 Å². The zero-order chi connectivity index (χ0) is 12.3. The van der Waals surface area contributed by atoms with Crippen LogP contribution in [0.25, 0.3) is 0 Å². The zero-order valence-corrected chi connectivity index (χ0v) is 9.31. The molecule has 0 unspecified atom stereocenters. The number of hydrogen-bond acceptors (Lipinski definition) is 4. The van der Waals surface area contributed by atoms with Gasteiger partial charge in [-0.1, -0.05) is 0 Å². The highest BCUT2D eigenvalue weighted by molar-refractivity contribution is 5.56. The summed E-state index contributed by atoms with van der Waals surface area (Å²) in [6.45, 7) is 0.674. The molecule has 0 aliphatic heterocycles. The number of aryl methyl sites for hydroxylation is 1. The third-order valence-corrected chi connectivity index (χ3v) is 2.59. The average molecular weight is 235 g/mol. The van der Waals surface area contributed by atoms with Crippen LogP contribution in [0.2, 0.25) is 0 Å². The lowest BCUT2D eigenvalue weighted by molar-refractivity contribution is 0.560. The maximum Gasteiger partial charge on any atom is 0.151 e. The van der Waals surface area contributed by atoms with Gasteiger partial charge >= 0.3 is 0 Å². The molecule has 0 saturated carbocycles. The van der Waals surface area contributed by atoms with Crippen molar-refractivity contribution in [2.75, 3.05) is 11.5 Å². The maximum atomic E-state index is 13.7. The smallest absolute Gasteiger partial charge is 0.151 e. The zero-order valence-electron chi connectivity index (χ0n) is 9.31. The van der Waals surface area contributed by atoms with E-state index in [1.54, 1.807) is 17.1 Å². The second-order valence-electron chi connectivity index (χ2n) is 3.80. The minimum Gasteiger partial charge on any atom is -0.398 e. The van der Waals surface area contributed by atoms with E-state index in [0.717, 1.165) is 6.42 Å². The van der Waals surface area contributed by atoms with E-state index in [4.69, 9.17) is 11.5 Å². The van der Waals surface area contributed by atoms with Gasteiger partial charge in [-0.25, -0.2) is 9.37 Å². The molecule has 5 nitrogen and oxygen atoms in total. The number of halogens is 1. The summed E-state index contributed by atoms with van der Waals surface area (Å²) < 4.78 is 15.4. The molecule has 1 heterocycles. The van der Waals surface area contributed by atoms with Gasteiger partial charge in [0.1, 0.15) is 12.7 Å². The van der Waals surface area contributed by atoms with Crippen molar-refractivity contribution >= 4 is 11.4 Å². The topological polar surface area (TPSA) is 82.8 Å². The fraction of sp³-hybridized carbons (Fsp3) is 0.273. The lowest BCUT2D eigenvalue weighted by Crippen LogP contribution is -2.05. The van der Waals surface area contributed by atoms with Crippen molar-refractivity contribution in [2.24, 2.45) is 0 Å². The van der Waals surface area contributed by atoms with Crippen molar-refractivity contribution in [1.82, 2.24) is 14.8 Å². The molecule has 0 amide bonds. The fourth-order valence-corrected chi connectivity index (χ4v) is 1.67. The molecule has 2 aromatic rings. The van der Waals surface area contributed by atoms with E-state index in [1.165, 1.54) is 12.4 Å². The van der Waals surface area contributed by atoms with E-state index in [0.29, 0.717) is 24.2 Å². The summed E-state index contributed by atoms with van der Waals surface area (Å²) in [5.41, 5.74) is 12.3. The van der Waals surface area contributed by atoms with Gasteiger partial charge < -0.3 is 11.5 Å². The van der Waals surface area contributed by atoms with Crippen LogP contribution in [0.4, 0.5) is 15.8 Å². The van der Waals surface area contributed by atoms with Gasteiger partial charge in [-0.2, -0.15) is 5.10 Å². The van der Waals surface area contributed by atoms with Gasteiger partial charge in [-0.05, 0) is 25.0 Å². The van der Waals surface area contributed by atoms with Crippen molar-refractivity contribution in [3.05, 3.63) is 36.2 Å². The predicted octanol–water partition coefficient (Wildman–Crippen LogP) is 1.21. The van der Waals surface area contributed by atoms with E-state index >= 15 is 0 Å². The SMILES string of the molecule is Nc1ccc(N)c(CCCn2cncn2)c1F. The average Bonchev–Trinajstić information content (AvgIpc) is 2.81. The quantitative estimate of drug-likeness (QED) is 0.780. The Labute approximate surface area is 98.3 Å². The summed E-state index contributed by atoms with van der Waals surface area (Å²) in [5, 5.41) is 3.97. The monoisotopic (exact) mass is 235 g/mol. The molecule has 0 atom stereocenters. The van der Waals surface area contributed by atoms with Gasteiger partial charge in [0.25, 0.3) is 0 Å². The highest BCUT2D eigenvalue weighted by atomic mass is 19.1. The van der Waals surface area contributed by atoms with E-state index < -0.39 is 5.82 Å². The summed E-state index contributed by atoms with van der Waals surface area (Å²) in [6, 6.07) is 3.11. The van der Waals surface area contributed by atoms with Gasteiger partial charge in [0.2, 0.25) is 0 Å². The van der Waals surface area contributed by atoms with Crippen molar-refractivity contribution < 1.29 is 4.39 Å². The molecule has 0 fully saturated rings. The number of rotatable bonds is 4. The molecule has 4 N–H and O–H groups in total. The summed E-state index contributed by atoms with van der Waals surface area (Å²) in [6.07, 6.45) is 4.35. The molecule has 2 rings (SSSR count). The van der Waals surface area contributed by atoms with Gasteiger partial charge in [0.05, 0.1) is 5.69 Å². The normalized spacial score (nSPS) is 10.6. The van der Waals surface area contributed by atoms with Crippen molar-refractivity contribution in [1.29, 1.82) is 0 Å². The van der Waals surface area contributed by atoms with Crippen molar-refractivity contribution in [2.45, 2.75) is 19.4 Å². The van der Waals surface area contributed by atoms with Crippen molar-refractivity contribution in [3.63, 3.8) is 0 Å². The highest BCUT2D eigenvalue weighted by Gasteiger charge is 2.09. The number of hydrogen-bond donors (Lipinski definition) is 2. The van der Waals surface area contributed by atoms with Crippen LogP contribution in [0.5, 0.6) is 0 Å².